The van der Waals surface area contributed by atoms with E-state index in [4.69, 9.17) is 0 Å². The minimum Gasteiger partial charge on any atom is -0.324 e. The van der Waals surface area contributed by atoms with Gasteiger partial charge in [0.1, 0.15) is 0 Å². The van der Waals surface area contributed by atoms with E-state index in [0.29, 0.717) is 23.2 Å². The first kappa shape index (κ1) is 24.6. The van der Waals surface area contributed by atoms with Crippen LogP contribution < -0.4 is 5.32 Å². The van der Waals surface area contributed by atoms with Crippen molar-refractivity contribution in [2.45, 2.75) is 32.1 Å². The van der Waals surface area contributed by atoms with Crippen molar-refractivity contribution in [3.8, 4) is 0 Å². The number of hydrogen-bond donors (Lipinski definition) is 1. The van der Waals surface area contributed by atoms with E-state index in [2.05, 4.69) is 5.32 Å². The van der Waals surface area contributed by atoms with Gasteiger partial charge in [0.05, 0.1) is 11.4 Å². The van der Waals surface area contributed by atoms with E-state index in [1.807, 2.05) is 91.9 Å². The van der Waals surface area contributed by atoms with Gasteiger partial charge in [-0.1, -0.05) is 84.4 Å². The van der Waals surface area contributed by atoms with E-state index < -0.39 is 10.0 Å². The fourth-order valence-corrected chi connectivity index (χ4v) is 6.38. The molecule has 4 rings (SSSR count). The molecule has 0 aromatic heterocycles. The number of carbonyl (C=O) groups is 1. The third kappa shape index (κ3) is 5.61. The van der Waals surface area contributed by atoms with Crippen LogP contribution in [-0.4, -0.2) is 31.7 Å². The summed E-state index contributed by atoms with van der Waals surface area (Å²) < 4.78 is 29.0. The molecular formula is C29H30N2O3S. The largest absolute Gasteiger partial charge is 0.324 e. The number of carbonyl (C=O) groups excluding carboxylic acids is 1. The Labute approximate surface area is 207 Å². The van der Waals surface area contributed by atoms with Gasteiger partial charge in [-0.15, -0.1) is 0 Å². The topological polar surface area (TPSA) is 66.5 Å². The first-order valence-electron chi connectivity index (χ1n) is 11.7. The Morgan fingerprint density at radius 3 is 2.17 bits per heavy atom. The number of amides is 1. The standard InChI is InChI=1S/C29H30N2O3S/c1-21-18-22(2)29(23(3)19-21)35(33,34)31(17-16-24-10-5-4-6-11-24)20-28(32)30-27-15-9-13-25-12-7-8-14-26(25)27/h4-15,18-19H,16-17,20H2,1-3H3,(H,30,32). The molecule has 0 unspecified atom stereocenters. The van der Waals surface area contributed by atoms with Crippen molar-refractivity contribution < 1.29 is 13.2 Å². The maximum Gasteiger partial charge on any atom is 0.244 e. The summed E-state index contributed by atoms with van der Waals surface area (Å²) in [5.74, 6) is -0.375. The van der Waals surface area contributed by atoms with E-state index in [0.717, 1.165) is 21.9 Å². The number of anilines is 1. The highest BCUT2D eigenvalue weighted by Gasteiger charge is 2.29. The van der Waals surface area contributed by atoms with Gasteiger partial charge >= 0.3 is 0 Å². The number of fused-ring (bicyclic) bond motifs is 1. The Bertz CT molecular complexity index is 1440. The Kier molecular flexibility index (Phi) is 7.34. The Balaban J connectivity index is 1.64. The van der Waals surface area contributed by atoms with E-state index in [1.54, 1.807) is 13.8 Å². The van der Waals surface area contributed by atoms with Gasteiger partial charge in [0.2, 0.25) is 15.9 Å². The lowest BCUT2D eigenvalue weighted by Crippen LogP contribution is -2.39. The molecule has 180 valence electrons. The van der Waals surface area contributed by atoms with Crippen molar-refractivity contribution in [2.24, 2.45) is 0 Å². The summed E-state index contributed by atoms with van der Waals surface area (Å²) in [6.07, 6.45) is 0.506. The SMILES string of the molecule is Cc1cc(C)c(S(=O)(=O)N(CCc2ccccc2)CC(=O)Nc2cccc3ccccc23)c(C)c1. The molecule has 4 aromatic rings. The van der Waals surface area contributed by atoms with Crippen LogP contribution in [0.5, 0.6) is 0 Å². The van der Waals surface area contributed by atoms with E-state index >= 15 is 0 Å². The summed E-state index contributed by atoms with van der Waals surface area (Å²) in [5.41, 5.74) is 4.04. The number of hydrogen-bond acceptors (Lipinski definition) is 3. The minimum absolute atomic E-state index is 0.196. The number of rotatable bonds is 8. The van der Waals surface area contributed by atoms with E-state index in [9.17, 15) is 13.2 Å². The molecule has 0 atom stereocenters. The lowest BCUT2D eigenvalue weighted by Gasteiger charge is -2.24. The highest BCUT2D eigenvalue weighted by Crippen LogP contribution is 2.26. The average molecular weight is 487 g/mol. The van der Waals surface area contributed by atoms with Gasteiger partial charge in [0, 0.05) is 17.6 Å². The van der Waals surface area contributed by atoms with Crippen molar-refractivity contribution in [2.75, 3.05) is 18.4 Å². The molecule has 35 heavy (non-hydrogen) atoms. The molecule has 0 aliphatic heterocycles. The zero-order valence-corrected chi connectivity index (χ0v) is 21.1. The molecule has 0 bridgehead atoms. The molecule has 0 saturated heterocycles. The molecule has 6 heteroatoms. The molecule has 0 spiro atoms. The van der Waals surface area contributed by atoms with E-state index in [-0.39, 0.29) is 23.9 Å². The minimum atomic E-state index is -3.91. The molecule has 0 aliphatic carbocycles. The van der Waals surface area contributed by atoms with Gasteiger partial charge < -0.3 is 5.32 Å². The Morgan fingerprint density at radius 1 is 0.829 bits per heavy atom. The first-order chi connectivity index (χ1) is 16.8. The second-order valence-electron chi connectivity index (χ2n) is 8.88. The van der Waals surface area contributed by atoms with E-state index in [1.165, 1.54) is 4.31 Å². The summed E-state index contributed by atoms with van der Waals surface area (Å²) in [5, 5.41) is 4.84. The van der Waals surface area contributed by atoms with Gasteiger partial charge in [-0.2, -0.15) is 4.31 Å². The Hall–Kier alpha value is -3.48. The normalized spacial score (nSPS) is 11.7. The Morgan fingerprint density at radius 2 is 1.46 bits per heavy atom. The van der Waals surface area contributed by atoms with Gasteiger partial charge in [-0.05, 0) is 55.3 Å². The molecule has 5 nitrogen and oxygen atoms in total. The molecule has 0 radical (unpaired) electrons. The highest BCUT2D eigenvalue weighted by atomic mass is 32.2. The smallest absolute Gasteiger partial charge is 0.244 e. The summed E-state index contributed by atoms with van der Waals surface area (Å²) in [6.45, 7) is 5.48. The van der Waals surface area contributed by atoms with Gasteiger partial charge in [-0.25, -0.2) is 8.42 Å². The van der Waals surface area contributed by atoms with Crippen molar-refractivity contribution in [3.05, 3.63) is 107 Å². The molecule has 0 heterocycles. The number of aryl methyl sites for hydroxylation is 3. The molecule has 1 N–H and O–H groups in total. The zero-order chi connectivity index (χ0) is 25.0. The van der Waals surface area contributed by atoms with Gasteiger partial charge in [0.15, 0.2) is 0 Å². The predicted molar refractivity (Wildman–Crippen MR) is 142 cm³/mol. The maximum absolute atomic E-state index is 13.9. The highest BCUT2D eigenvalue weighted by molar-refractivity contribution is 7.89. The lowest BCUT2D eigenvalue weighted by molar-refractivity contribution is -0.116. The summed E-state index contributed by atoms with van der Waals surface area (Å²) in [4.78, 5) is 13.4. The van der Waals surface area contributed by atoms with Crippen LogP contribution in [0, 0.1) is 20.8 Å². The average Bonchev–Trinajstić information content (AvgIpc) is 2.81. The van der Waals surface area contributed by atoms with Crippen molar-refractivity contribution >= 4 is 32.4 Å². The van der Waals surface area contributed by atoms with Gasteiger partial charge in [-0.3, -0.25) is 4.79 Å². The molecule has 0 aliphatic rings. The monoisotopic (exact) mass is 486 g/mol. The van der Waals surface area contributed by atoms with Crippen LogP contribution in [0.15, 0.2) is 89.8 Å². The first-order valence-corrected chi connectivity index (χ1v) is 13.1. The fraction of sp³-hybridized carbons (Fsp3) is 0.207. The van der Waals surface area contributed by atoms with Crippen molar-refractivity contribution in [1.29, 1.82) is 0 Å². The predicted octanol–water partition coefficient (Wildman–Crippen LogP) is 5.64. The van der Waals surface area contributed by atoms with Crippen LogP contribution in [0.25, 0.3) is 10.8 Å². The number of nitrogens with one attached hydrogen (secondary N) is 1. The molecule has 0 saturated carbocycles. The van der Waals surface area contributed by atoms with Crippen LogP contribution in [0.1, 0.15) is 22.3 Å². The summed E-state index contributed by atoms with van der Waals surface area (Å²) >= 11 is 0. The number of nitrogens with zero attached hydrogens (tertiary/aromatic N) is 1. The number of sulfonamides is 1. The summed E-state index contributed by atoms with van der Waals surface area (Å²) in [7, 11) is -3.91. The van der Waals surface area contributed by atoms with Crippen LogP contribution in [-0.2, 0) is 21.2 Å². The third-order valence-corrected chi connectivity index (χ3v) is 8.23. The molecule has 1 amide bonds. The quantitative estimate of drug-likeness (QED) is 0.351. The molecular weight excluding hydrogens is 456 g/mol. The van der Waals surface area contributed by atoms with Crippen molar-refractivity contribution in [1.82, 2.24) is 4.31 Å². The second kappa shape index (κ2) is 10.4. The van der Waals surface area contributed by atoms with Crippen LogP contribution in [0.3, 0.4) is 0 Å². The summed E-state index contributed by atoms with van der Waals surface area (Å²) in [6, 6.07) is 26.9. The molecule has 4 aromatic carbocycles. The zero-order valence-electron chi connectivity index (χ0n) is 20.3. The number of benzene rings is 4. The van der Waals surface area contributed by atoms with Crippen LogP contribution in [0.2, 0.25) is 0 Å². The fourth-order valence-electron chi connectivity index (χ4n) is 4.57. The molecule has 0 fully saturated rings. The second-order valence-corrected chi connectivity index (χ2v) is 10.8. The van der Waals surface area contributed by atoms with Crippen molar-refractivity contribution in [3.63, 3.8) is 0 Å². The van der Waals surface area contributed by atoms with Crippen LogP contribution >= 0.6 is 0 Å². The van der Waals surface area contributed by atoms with Crippen LogP contribution in [0.4, 0.5) is 5.69 Å². The lowest BCUT2D eigenvalue weighted by atomic mass is 10.1. The maximum atomic E-state index is 13.9. The third-order valence-electron chi connectivity index (χ3n) is 6.08. The van der Waals surface area contributed by atoms with Gasteiger partial charge in [0.25, 0.3) is 0 Å².